The van der Waals surface area contributed by atoms with Crippen molar-refractivity contribution in [3.63, 3.8) is 0 Å². The van der Waals surface area contributed by atoms with Crippen LogP contribution in [0.25, 0.3) is 16.7 Å². The normalized spacial score (nSPS) is 10.7. The van der Waals surface area contributed by atoms with Gasteiger partial charge in [-0.2, -0.15) is 5.10 Å². The molecule has 6 nitrogen and oxygen atoms in total. The van der Waals surface area contributed by atoms with Crippen LogP contribution in [-0.4, -0.2) is 27.9 Å². The van der Waals surface area contributed by atoms with Crippen molar-refractivity contribution in [2.75, 3.05) is 7.05 Å². The highest BCUT2D eigenvalue weighted by Gasteiger charge is 2.14. The van der Waals surface area contributed by atoms with Crippen molar-refractivity contribution in [2.45, 2.75) is 6.92 Å². The fourth-order valence-corrected chi connectivity index (χ4v) is 2.55. The number of benzene rings is 1. The van der Waals surface area contributed by atoms with Gasteiger partial charge in [-0.25, -0.2) is 14.5 Å². The van der Waals surface area contributed by atoms with Gasteiger partial charge in [-0.15, -0.1) is 0 Å². The summed E-state index contributed by atoms with van der Waals surface area (Å²) in [5.74, 6) is 1.14. The minimum absolute atomic E-state index is 0.433. The van der Waals surface area contributed by atoms with Crippen LogP contribution in [0.2, 0.25) is 0 Å². The topological polar surface area (TPSA) is 69.0 Å². The number of fused-ring (bicyclic) bond motifs is 1. The average molecular weight is 361 g/mol. The Kier molecular flexibility index (Phi) is 3.81. The Hall–Kier alpha value is -2.41. The van der Waals surface area contributed by atoms with Crippen molar-refractivity contribution in [3.8, 4) is 11.6 Å². The molecule has 0 bridgehead atoms. The molecule has 0 fully saturated rings. The lowest BCUT2D eigenvalue weighted by molar-refractivity contribution is 0.203. The maximum Gasteiger partial charge on any atom is 0.412 e. The fraction of sp³-hybridized carbons (Fsp3) is 0.133. The summed E-state index contributed by atoms with van der Waals surface area (Å²) in [5, 5.41) is 7.52. The first-order valence-corrected chi connectivity index (χ1v) is 7.38. The number of halogens is 1. The molecule has 2 heterocycles. The lowest BCUT2D eigenvalue weighted by Crippen LogP contribution is -2.22. The zero-order valence-electron chi connectivity index (χ0n) is 12.0. The smallest absolute Gasteiger partial charge is 0.410 e. The molecule has 0 saturated carbocycles. The van der Waals surface area contributed by atoms with Crippen molar-refractivity contribution in [1.82, 2.24) is 20.1 Å². The van der Waals surface area contributed by atoms with E-state index in [9.17, 15) is 4.79 Å². The molecule has 0 aliphatic heterocycles. The monoisotopic (exact) mass is 360 g/mol. The summed E-state index contributed by atoms with van der Waals surface area (Å²) >= 11 is 3.43. The van der Waals surface area contributed by atoms with Crippen LogP contribution in [0.4, 0.5) is 4.79 Å². The summed E-state index contributed by atoms with van der Waals surface area (Å²) in [5.41, 5.74) is 1.70. The molecule has 7 heteroatoms. The minimum Gasteiger partial charge on any atom is -0.410 e. The fourth-order valence-electron chi connectivity index (χ4n) is 2.13. The number of aryl methyl sites for hydroxylation is 1. The molecule has 0 aliphatic rings. The Morgan fingerprint density at radius 2 is 2.18 bits per heavy atom. The van der Waals surface area contributed by atoms with Crippen LogP contribution in [0.5, 0.6) is 5.75 Å². The second-order valence-corrected chi connectivity index (χ2v) is 5.59. The van der Waals surface area contributed by atoms with Gasteiger partial charge in [0.25, 0.3) is 0 Å². The van der Waals surface area contributed by atoms with Gasteiger partial charge in [0.05, 0.1) is 17.1 Å². The summed E-state index contributed by atoms with van der Waals surface area (Å²) in [6.07, 6.45) is 1.13. The molecule has 1 aromatic carbocycles. The van der Waals surface area contributed by atoms with Gasteiger partial charge >= 0.3 is 6.09 Å². The molecule has 0 spiro atoms. The SMILES string of the molecule is CNC(=O)Oc1cc(Br)cc2c1cnn2-c1cccc(C)n1. The molecule has 3 rings (SSSR count). The number of amides is 1. The van der Waals surface area contributed by atoms with E-state index in [2.05, 4.69) is 31.3 Å². The lowest BCUT2D eigenvalue weighted by Gasteiger charge is -2.07. The highest BCUT2D eigenvalue weighted by molar-refractivity contribution is 9.10. The summed E-state index contributed by atoms with van der Waals surface area (Å²) in [7, 11) is 1.51. The van der Waals surface area contributed by atoms with Gasteiger partial charge in [0.1, 0.15) is 5.75 Å². The summed E-state index contributed by atoms with van der Waals surface area (Å²) in [6, 6.07) is 9.35. The largest absolute Gasteiger partial charge is 0.412 e. The Morgan fingerprint density at radius 1 is 1.36 bits per heavy atom. The summed E-state index contributed by atoms with van der Waals surface area (Å²) < 4.78 is 7.77. The van der Waals surface area contributed by atoms with E-state index in [0.717, 1.165) is 21.1 Å². The number of nitrogens with one attached hydrogen (secondary N) is 1. The zero-order chi connectivity index (χ0) is 15.7. The molecule has 0 atom stereocenters. The molecular formula is C15H13BrN4O2. The molecule has 0 saturated heterocycles. The predicted octanol–water partition coefficient (Wildman–Crippen LogP) is 3.21. The highest BCUT2D eigenvalue weighted by atomic mass is 79.9. The van der Waals surface area contributed by atoms with E-state index in [1.54, 1.807) is 16.9 Å². The average Bonchev–Trinajstić information content (AvgIpc) is 2.90. The first kappa shape index (κ1) is 14.5. The minimum atomic E-state index is -0.527. The van der Waals surface area contributed by atoms with E-state index in [1.807, 2.05) is 31.2 Å². The van der Waals surface area contributed by atoms with Gasteiger partial charge in [0, 0.05) is 17.2 Å². The molecule has 3 aromatic rings. The van der Waals surface area contributed by atoms with Gasteiger partial charge in [-0.05, 0) is 31.2 Å². The molecular weight excluding hydrogens is 348 g/mol. The van der Waals surface area contributed by atoms with E-state index in [0.29, 0.717) is 11.6 Å². The standard InChI is InChI=1S/C15H13BrN4O2/c1-9-4-3-5-14(19-9)20-12-6-10(16)7-13(11(12)8-18-20)22-15(21)17-2/h3-8H,1-2H3,(H,17,21). The third-order valence-electron chi connectivity index (χ3n) is 3.11. The van der Waals surface area contributed by atoms with Crippen molar-refractivity contribution >= 4 is 32.9 Å². The highest BCUT2D eigenvalue weighted by Crippen LogP contribution is 2.31. The van der Waals surface area contributed by atoms with Gasteiger partial charge in [-0.1, -0.05) is 22.0 Å². The number of pyridine rings is 1. The number of rotatable bonds is 2. The van der Waals surface area contributed by atoms with Crippen LogP contribution in [0.15, 0.2) is 41.0 Å². The summed E-state index contributed by atoms with van der Waals surface area (Å²) in [4.78, 5) is 15.9. The van der Waals surface area contributed by atoms with Crippen LogP contribution in [0, 0.1) is 6.92 Å². The van der Waals surface area contributed by atoms with Crippen LogP contribution in [0.1, 0.15) is 5.69 Å². The maximum atomic E-state index is 11.5. The molecule has 0 aliphatic carbocycles. The van der Waals surface area contributed by atoms with Gasteiger partial charge in [-0.3, -0.25) is 0 Å². The van der Waals surface area contributed by atoms with Gasteiger partial charge in [0.15, 0.2) is 5.82 Å². The molecule has 0 unspecified atom stereocenters. The van der Waals surface area contributed by atoms with E-state index in [4.69, 9.17) is 4.74 Å². The number of hydrogen-bond acceptors (Lipinski definition) is 4. The molecule has 22 heavy (non-hydrogen) atoms. The van der Waals surface area contributed by atoms with Crippen molar-refractivity contribution < 1.29 is 9.53 Å². The second kappa shape index (κ2) is 5.76. The third kappa shape index (κ3) is 2.67. The number of ether oxygens (including phenoxy) is 1. The maximum absolute atomic E-state index is 11.5. The predicted molar refractivity (Wildman–Crippen MR) is 86.4 cm³/mol. The van der Waals surface area contributed by atoms with Crippen molar-refractivity contribution in [1.29, 1.82) is 0 Å². The quantitative estimate of drug-likeness (QED) is 0.761. The van der Waals surface area contributed by atoms with Crippen LogP contribution in [0.3, 0.4) is 0 Å². The Labute approximate surface area is 135 Å². The van der Waals surface area contributed by atoms with Crippen LogP contribution >= 0.6 is 15.9 Å². The van der Waals surface area contributed by atoms with Crippen molar-refractivity contribution in [3.05, 3.63) is 46.7 Å². The Bertz CT molecular complexity index is 860. The molecule has 0 radical (unpaired) electrons. The summed E-state index contributed by atoms with van der Waals surface area (Å²) in [6.45, 7) is 1.92. The second-order valence-electron chi connectivity index (χ2n) is 4.67. The number of carbonyl (C=O) groups excluding carboxylic acids is 1. The van der Waals surface area contributed by atoms with E-state index >= 15 is 0 Å². The first-order chi connectivity index (χ1) is 10.6. The van der Waals surface area contributed by atoms with E-state index in [1.165, 1.54) is 7.05 Å². The zero-order valence-corrected chi connectivity index (χ0v) is 13.6. The molecule has 1 N–H and O–H groups in total. The van der Waals surface area contributed by atoms with Gasteiger partial charge < -0.3 is 10.1 Å². The van der Waals surface area contributed by atoms with E-state index < -0.39 is 6.09 Å². The number of hydrogen-bond donors (Lipinski definition) is 1. The lowest BCUT2D eigenvalue weighted by atomic mass is 10.2. The number of carbonyl (C=O) groups is 1. The Morgan fingerprint density at radius 3 is 2.91 bits per heavy atom. The number of aromatic nitrogens is 3. The van der Waals surface area contributed by atoms with Crippen molar-refractivity contribution in [2.24, 2.45) is 0 Å². The molecule has 2 aromatic heterocycles. The Balaban J connectivity index is 2.17. The first-order valence-electron chi connectivity index (χ1n) is 6.59. The molecule has 112 valence electrons. The van der Waals surface area contributed by atoms with Gasteiger partial charge in [0.2, 0.25) is 0 Å². The third-order valence-corrected chi connectivity index (χ3v) is 3.57. The molecule has 1 amide bonds. The van der Waals surface area contributed by atoms with Crippen LogP contribution < -0.4 is 10.1 Å². The van der Waals surface area contributed by atoms with E-state index in [-0.39, 0.29) is 0 Å². The van der Waals surface area contributed by atoms with Crippen LogP contribution in [-0.2, 0) is 0 Å². The number of nitrogens with zero attached hydrogens (tertiary/aromatic N) is 3.